The highest BCUT2D eigenvalue weighted by molar-refractivity contribution is 7.89. The third kappa shape index (κ3) is 4.92. The summed E-state index contributed by atoms with van der Waals surface area (Å²) in [6, 6.07) is 19.2. The number of nitro benzene ring substituents is 2. The zero-order valence-corrected chi connectivity index (χ0v) is 31.1. The molecule has 6 atom stereocenters. The van der Waals surface area contributed by atoms with Crippen molar-refractivity contribution in [1.82, 2.24) is 8.61 Å². The zero-order chi connectivity index (χ0) is 39.9. The van der Waals surface area contributed by atoms with Crippen molar-refractivity contribution in [3.05, 3.63) is 128 Å². The Balaban J connectivity index is 1.41. The van der Waals surface area contributed by atoms with Crippen molar-refractivity contribution >= 4 is 54.7 Å². The van der Waals surface area contributed by atoms with Gasteiger partial charge in [0.05, 0.1) is 33.9 Å². The molecular weight excluding hydrogens is 773 g/mol. The van der Waals surface area contributed by atoms with Gasteiger partial charge in [-0.05, 0) is 60.4 Å². The number of fused-ring (bicyclic) bond motifs is 7. The van der Waals surface area contributed by atoms with Crippen molar-refractivity contribution in [3.8, 4) is 0 Å². The number of nitrogens with zero attached hydrogens (tertiary/aromatic N) is 4. The van der Waals surface area contributed by atoms with E-state index in [9.17, 15) is 46.7 Å². The Bertz CT molecular complexity index is 2380. The number of carbonyl (C=O) groups excluding carboxylic acids is 2. The fourth-order valence-corrected chi connectivity index (χ4v) is 12.8. The number of ether oxygens (including phenoxy) is 2. The standard InChI is InChI=1S/C36H32N6O12S2/c1-53-31(43)29-19-35(25-7-3-5-9-27(25)37-33(35)39(29)55(49,50)23-15-11-21(12-16-23)41(45)46)36-20-30(32(44)54-2)40(34(36)38-28-10-6-4-8-26(28)36)56(51,52)24-17-13-22(14-18-24)42(47)48/h3-18,29-30,33-34,37-38H,19-20H2,1-2H3/t29-,30-,33+,34+,35-,36-/m0/s1. The molecule has 2 fully saturated rings. The molecule has 0 bridgehead atoms. The minimum atomic E-state index is -4.72. The summed E-state index contributed by atoms with van der Waals surface area (Å²) in [6.07, 6.45) is -3.21. The number of sulfonamides is 2. The number of benzene rings is 4. The van der Waals surface area contributed by atoms with E-state index in [4.69, 9.17) is 9.47 Å². The van der Waals surface area contributed by atoms with Crippen molar-refractivity contribution in [2.45, 2.75) is 57.9 Å². The Kier molecular flexibility index (Phi) is 8.45. The van der Waals surface area contributed by atoms with Crippen LogP contribution >= 0.6 is 0 Å². The highest BCUT2D eigenvalue weighted by Crippen LogP contribution is 2.69. The summed E-state index contributed by atoms with van der Waals surface area (Å²) < 4.78 is 72.0. The quantitative estimate of drug-likeness (QED) is 0.140. The molecule has 4 heterocycles. The van der Waals surface area contributed by atoms with Crippen LogP contribution in [0.5, 0.6) is 0 Å². The predicted octanol–water partition coefficient (Wildman–Crippen LogP) is 3.45. The molecule has 0 amide bonds. The van der Waals surface area contributed by atoms with Crippen LogP contribution in [-0.4, -0.2) is 85.9 Å². The Morgan fingerprint density at radius 1 is 0.625 bits per heavy atom. The molecule has 0 radical (unpaired) electrons. The van der Waals surface area contributed by atoms with Gasteiger partial charge in [-0.1, -0.05) is 36.4 Å². The maximum atomic E-state index is 14.9. The van der Waals surface area contributed by atoms with Gasteiger partial charge in [0, 0.05) is 46.5 Å². The SMILES string of the molecule is COC(=O)[C@@H]1C[C@]2([C@]34C[C@@H](C(=O)OC)N(S(=O)(=O)c5ccc([N+](=O)[O-])cc5)[C@H]3Nc3ccccc34)c3ccccc3N[C@@H]2N1S(=O)(=O)c1ccc([N+](=O)[O-])cc1. The summed E-state index contributed by atoms with van der Waals surface area (Å²) in [5.74, 6) is -1.85. The van der Waals surface area contributed by atoms with E-state index in [1.165, 1.54) is 0 Å². The molecule has 20 heteroatoms. The summed E-state index contributed by atoms with van der Waals surface area (Å²) in [5, 5.41) is 29.6. The summed E-state index contributed by atoms with van der Waals surface area (Å²) in [6.45, 7) is 0. The largest absolute Gasteiger partial charge is 0.468 e. The number of hydrogen-bond donors (Lipinski definition) is 2. The topological polar surface area (TPSA) is 238 Å². The molecule has 4 aromatic rings. The second-order valence-corrected chi connectivity index (χ2v) is 17.5. The molecule has 2 N–H and O–H groups in total. The van der Waals surface area contributed by atoms with Crippen molar-refractivity contribution in [3.63, 3.8) is 0 Å². The number of para-hydroxylation sites is 2. The molecule has 0 spiro atoms. The maximum Gasteiger partial charge on any atom is 0.324 e. The summed E-state index contributed by atoms with van der Waals surface area (Å²) in [4.78, 5) is 48.6. The lowest BCUT2D eigenvalue weighted by molar-refractivity contribution is -0.385. The lowest BCUT2D eigenvalue weighted by atomic mass is 9.54. The second kappa shape index (κ2) is 12.8. The van der Waals surface area contributed by atoms with Gasteiger partial charge in [0.25, 0.3) is 11.4 Å². The number of rotatable bonds is 9. The van der Waals surface area contributed by atoms with E-state index in [0.29, 0.717) is 22.5 Å². The van der Waals surface area contributed by atoms with E-state index >= 15 is 0 Å². The van der Waals surface area contributed by atoms with Crippen LogP contribution in [0.1, 0.15) is 24.0 Å². The van der Waals surface area contributed by atoms with Gasteiger partial charge in [0.15, 0.2) is 0 Å². The molecular formula is C36H32N6O12S2. The number of anilines is 2. The number of nitro groups is 2. The molecule has 2 saturated heterocycles. The molecule has 0 aromatic heterocycles. The van der Waals surface area contributed by atoms with Crippen LogP contribution in [0.25, 0.3) is 0 Å². The molecule has 56 heavy (non-hydrogen) atoms. The van der Waals surface area contributed by atoms with Crippen molar-refractivity contribution in [2.24, 2.45) is 0 Å². The van der Waals surface area contributed by atoms with Crippen LogP contribution in [0.4, 0.5) is 22.7 Å². The minimum Gasteiger partial charge on any atom is -0.468 e. The van der Waals surface area contributed by atoms with E-state index in [0.717, 1.165) is 71.4 Å². The average Bonchev–Trinajstić information content (AvgIpc) is 3.91. The third-order valence-corrected chi connectivity index (χ3v) is 15.3. The number of carbonyl (C=O) groups is 2. The molecule has 0 unspecified atom stereocenters. The van der Waals surface area contributed by atoms with Gasteiger partial charge in [-0.3, -0.25) is 29.8 Å². The molecule has 18 nitrogen and oxygen atoms in total. The number of methoxy groups -OCH3 is 2. The molecule has 0 aliphatic carbocycles. The first-order valence-corrected chi connectivity index (χ1v) is 20.0. The fourth-order valence-electron chi connectivity index (χ4n) is 9.30. The van der Waals surface area contributed by atoms with E-state index in [1.807, 2.05) is 0 Å². The van der Waals surface area contributed by atoms with E-state index in [2.05, 4.69) is 10.6 Å². The highest BCUT2D eigenvalue weighted by atomic mass is 32.2. The van der Waals surface area contributed by atoms with Gasteiger partial charge in [0.2, 0.25) is 20.0 Å². The first-order chi connectivity index (χ1) is 26.6. The predicted molar refractivity (Wildman–Crippen MR) is 196 cm³/mol. The van der Waals surface area contributed by atoms with Gasteiger partial charge in [-0.15, -0.1) is 0 Å². The number of non-ortho nitro benzene ring substituents is 2. The molecule has 4 aromatic carbocycles. The van der Waals surface area contributed by atoms with Gasteiger partial charge in [-0.2, -0.15) is 8.61 Å². The summed E-state index contributed by atoms with van der Waals surface area (Å²) >= 11 is 0. The Morgan fingerprint density at radius 2 is 0.964 bits per heavy atom. The highest BCUT2D eigenvalue weighted by Gasteiger charge is 2.78. The zero-order valence-electron chi connectivity index (χ0n) is 29.5. The lowest BCUT2D eigenvalue weighted by Gasteiger charge is -2.48. The second-order valence-electron chi connectivity index (χ2n) is 13.8. The summed E-state index contributed by atoms with van der Waals surface area (Å²) in [5.41, 5.74) is -1.80. The normalized spacial score (nSPS) is 26.5. The van der Waals surface area contributed by atoms with Crippen LogP contribution in [0.2, 0.25) is 0 Å². The molecule has 290 valence electrons. The van der Waals surface area contributed by atoms with Crippen LogP contribution in [-0.2, 0) is 49.9 Å². The maximum absolute atomic E-state index is 14.9. The Hall–Kier alpha value is -5.96. The minimum absolute atomic E-state index is 0.271. The Morgan fingerprint density at radius 3 is 1.29 bits per heavy atom. The van der Waals surface area contributed by atoms with Crippen molar-refractivity contribution in [1.29, 1.82) is 0 Å². The van der Waals surface area contributed by atoms with E-state index in [-0.39, 0.29) is 34.0 Å². The Labute approximate surface area is 319 Å². The molecule has 4 aliphatic rings. The van der Waals surface area contributed by atoms with Gasteiger partial charge in [-0.25, -0.2) is 16.8 Å². The molecule has 0 saturated carbocycles. The van der Waals surface area contributed by atoms with Crippen LogP contribution in [0.3, 0.4) is 0 Å². The summed E-state index contributed by atoms with van der Waals surface area (Å²) in [7, 11) is -7.22. The lowest BCUT2D eigenvalue weighted by Crippen LogP contribution is -2.61. The number of hydrogen-bond acceptors (Lipinski definition) is 14. The van der Waals surface area contributed by atoms with Gasteiger partial charge in [0.1, 0.15) is 24.4 Å². The third-order valence-electron chi connectivity index (χ3n) is 11.5. The van der Waals surface area contributed by atoms with Gasteiger partial charge < -0.3 is 20.1 Å². The smallest absolute Gasteiger partial charge is 0.324 e. The monoisotopic (exact) mass is 804 g/mol. The fraction of sp³-hybridized carbons (Fsp3) is 0.278. The van der Waals surface area contributed by atoms with Crippen LogP contribution in [0, 0.1) is 20.2 Å². The number of nitrogens with one attached hydrogen (secondary N) is 2. The van der Waals surface area contributed by atoms with E-state index in [1.54, 1.807) is 48.5 Å². The van der Waals surface area contributed by atoms with Crippen molar-refractivity contribution in [2.75, 3.05) is 24.9 Å². The van der Waals surface area contributed by atoms with Gasteiger partial charge >= 0.3 is 11.9 Å². The number of esters is 2. The van der Waals surface area contributed by atoms with Crippen LogP contribution < -0.4 is 10.6 Å². The first kappa shape index (κ1) is 37.0. The molecule has 8 rings (SSSR count). The van der Waals surface area contributed by atoms with Crippen LogP contribution in [0.15, 0.2) is 107 Å². The van der Waals surface area contributed by atoms with Crippen molar-refractivity contribution < 1.29 is 45.7 Å². The first-order valence-electron chi connectivity index (χ1n) is 17.1. The average molecular weight is 805 g/mol. The molecule has 4 aliphatic heterocycles. The van der Waals surface area contributed by atoms with E-state index < -0.39 is 77.1 Å².